The van der Waals surface area contributed by atoms with Crippen molar-refractivity contribution in [3.63, 3.8) is 0 Å². The zero-order valence-corrected chi connectivity index (χ0v) is 16.0. The molecule has 0 amide bonds. The third-order valence-corrected chi connectivity index (χ3v) is 5.01. The number of carboxylic acids is 1. The van der Waals surface area contributed by atoms with Crippen LogP contribution in [0.25, 0.3) is 0 Å². The maximum Gasteiger partial charge on any atom is 0.303 e. The second-order valence-electron chi connectivity index (χ2n) is 7.53. The number of carbonyl (C=O) groups is 1. The van der Waals surface area contributed by atoms with E-state index in [1.165, 1.54) is 0 Å². The van der Waals surface area contributed by atoms with Crippen LogP contribution < -0.4 is 0 Å². The van der Waals surface area contributed by atoms with Gasteiger partial charge >= 0.3 is 5.97 Å². The number of hydrogen-bond acceptors (Lipinski definition) is 4. The van der Waals surface area contributed by atoms with Crippen molar-refractivity contribution in [3.8, 4) is 0 Å². The Bertz CT molecular complexity index is 516. The predicted octanol–water partition coefficient (Wildman–Crippen LogP) is 3.20. The highest BCUT2D eigenvalue weighted by Crippen LogP contribution is 2.36. The molecule has 1 fully saturated rings. The van der Waals surface area contributed by atoms with Crippen LogP contribution in [0.5, 0.6) is 0 Å². The molecular formula is C21H34O5. The number of carboxylic acid groups (broad SMARTS) is 1. The molecule has 1 rings (SSSR count). The van der Waals surface area contributed by atoms with E-state index in [1.807, 2.05) is 6.08 Å². The number of aliphatic hydroxyl groups is 3. The van der Waals surface area contributed by atoms with Crippen molar-refractivity contribution in [1.29, 1.82) is 0 Å². The molecule has 0 aromatic heterocycles. The highest BCUT2D eigenvalue weighted by atomic mass is 16.4. The first-order valence-electron chi connectivity index (χ1n) is 9.66. The summed E-state index contributed by atoms with van der Waals surface area (Å²) in [5.74, 6) is -1.18. The van der Waals surface area contributed by atoms with Gasteiger partial charge < -0.3 is 20.4 Å². The van der Waals surface area contributed by atoms with Crippen LogP contribution in [-0.2, 0) is 4.79 Å². The lowest BCUT2D eigenvalue weighted by molar-refractivity contribution is -0.136. The van der Waals surface area contributed by atoms with Crippen molar-refractivity contribution in [2.24, 2.45) is 11.8 Å². The van der Waals surface area contributed by atoms with Crippen LogP contribution in [0, 0.1) is 11.8 Å². The van der Waals surface area contributed by atoms with E-state index in [0.29, 0.717) is 25.7 Å². The van der Waals surface area contributed by atoms with E-state index in [-0.39, 0.29) is 18.3 Å². The van der Waals surface area contributed by atoms with E-state index in [0.717, 1.165) is 19.3 Å². The second kappa shape index (κ2) is 11.3. The minimum atomic E-state index is -0.903. The topological polar surface area (TPSA) is 98.0 Å². The predicted molar refractivity (Wildman–Crippen MR) is 102 cm³/mol. The van der Waals surface area contributed by atoms with Crippen LogP contribution >= 0.6 is 0 Å². The van der Waals surface area contributed by atoms with E-state index in [4.69, 9.17) is 5.11 Å². The molecule has 5 nitrogen and oxygen atoms in total. The molecule has 4 N–H and O–H groups in total. The van der Waals surface area contributed by atoms with Gasteiger partial charge in [-0.1, -0.05) is 38.3 Å². The lowest BCUT2D eigenvalue weighted by Gasteiger charge is -2.23. The number of rotatable bonds is 11. The minimum Gasteiger partial charge on any atom is -0.481 e. The van der Waals surface area contributed by atoms with Crippen LogP contribution in [0.1, 0.15) is 65.2 Å². The van der Waals surface area contributed by atoms with Crippen molar-refractivity contribution < 1.29 is 25.2 Å². The van der Waals surface area contributed by atoms with Gasteiger partial charge in [0.1, 0.15) is 0 Å². The van der Waals surface area contributed by atoms with E-state index in [9.17, 15) is 20.1 Å². The van der Waals surface area contributed by atoms with Crippen LogP contribution in [0.4, 0.5) is 0 Å². The summed E-state index contributed by atoms with van der Waals surface area (Å²) in [6, 6.07) is 0. The summed E-state index contributed by atoms with van der Waals surface area (Å²) in [4.78, 5) is 10.5. The van der Waals surface area contributed by atoms with Crippen molar-refractivity contribution >= 4 is 5.97 Å². The molecule has 1 aliphatic rings. The lowest BCUT2D eigenvalue weighted by Crippen LogP contribution is -2.24. The fraction of sp³-hybridized carbons (Fsp3) is 0.714. The molecule has 0 aromatic rings. The molecule has 1 saturated carbocycles. The Morgan fingerprint density at radius 1 is 1.23 bits per heavy atom. The van der Waals surface area contributed by atoms with Gasteiger partial charge in [0, 0.05) is 18.8 Å². The second-order valence-corrected chi connectivity index (χ2v) is 7.53. The van der Waals surface area contributed by atoms with Crippen LogP contribution in [-0.4, -0.2) is 44.2 Å². The number of unbranched alkanes of at least 4 members (excludes halogenated alkanes) is 2. The standard InChI is InChI=1S/C21H34O5/c1-3-4-9-13-21(2,26)14-12-17-16(18(22)15-19(17)23)10-7-5-6-8-11-20(24)25/h6-7,12,14,16-19,22-23,26H,3-4,8-11,13,15H2,1-2H3,(H,24,25)/b14-12+/t5?,16-,17-,18?,19?,21?/m1/s1. The molecule has 0 heterocycles. The van der Waals surface area contributed by atoms with Crippen molar-refractivity contribution in [3.05, 3.63) is 30.0 Å². The fourth-order valence-corrected chi connectivity index (χ4v) is 3.41. The number of aliphatic hydroxyl groups excluding tert-OH is 2. The van der Waals surface area contributed by atoms with Gasteiger partial charge in [-0.05, 0) is 44.3 Å². The number of allylic oxidation sites excluding steroid dienone is 1. The molecule has 0 aromatic carbocycles. The van der Waals surface area contributed by atoms with Crippen LogP contribution in [0.15, 0.2) is 30.0 Å². The van der Waals surface area contributed by atoms with Crippen LogP contribution in [0.2, 0.25) is 0 Å². The maximum absolute atomic E-state index is 10.5. The molecular weight excluding hydrogens is 332 g/mol. The molecule has 0 spiro atoms. The van der Waals surface area contributed by atoms with Gasteiger partial charge in [-0.2, -0.15) is 0 Å². The molecule has 5 atom stereocenters. The Morgan fingerprint density at radius 3 is 2.62 bits per heavy atom. The first-order chi connectivity index (χ1) is 12.3. The van der Waals surface area contributed by atoms with Gasteiger partial charge in [-0.3, -0.25) is 4.79 Å². The Morgan fingerprint density at radius 2 is 1.96 bits per heavy atom. The lowest BCUT2D eigenvalue weighted by atomic mass is 9.88. The van der Waals surface area contributed by atoms with Gasteiger partial charge in [0.15, 0.2) is 0 Å². The zero-order valence-electron chi connectivity index (χ0n) is 16.0. The summed E-state index contributed by atoms with van der Waals surface area (Å²) in [5.41, 5.74) is 2.05. The first kappa shape index (κ1) is 22.7. The summed E-state index contributed by atoms with van der Waals surface area (Å²) in [6.45, 7) is 3.89. The van der Waals surface area contributed by atoms with Crippen LogP contribution in [0.3, 0.4) is 0 Å². The van der Waals surface area contributed by atoms with Crippen molar-refractivity contribution in [2.75, 3.05) is 0 Å². The molecule has 5 heteroatoms. The minimum absolute atomic E-state index is 0.0735. The molecule has 148 valence electrons. The summed E-state index contributed by atoms with van der Waals surface area (Å²) < 4.78 is 0. The Hall–Kier alpha value is -1.39. The third-order valence-electron chi connectivity index (χ3n) is 5.01. The van der Waals surface area contributed by atoms with E-state index in [2.05, 4.69) is 12.7 Å². The molecule has 26 heavy (non-hydrogen) atoms. The maximum atomic E-state index is 10.5. The molecule has 0 saturated heterocycles. The Kier molecular flexibility index (Phi) is 9.89. The smallest absolute Gasteiger partial charge is 0.303 e. The molecule has 0 aliphatic heterocycles. The quantitative estimate of drug-likeness (QED) is 0.256. The Labute approximate surface area is 156 Å². The SMILES string of the molecule is CCCCCC(C)(O)/C=C/[C@H]1C(O)CC(O)[C@@H]1CC=C=CCCC(=O)O. The van der Waals surface area contributed by atoms with Gasteiger partial charge in [0.25, 0.3) is 0 Å². The van der Waals surface area contributed by atoms with E-state index in [1.54, 1.807) is 25.2 Å². The van der Waals surface area contributed by atoms with Crippen molar-refractivity contribution in [1.82, 2.24) is 0 Å². The molecule has 0 radical (unpaired) electrons. The normalized spacial score (nSPS) is 27.9. The molecule has 1 aliphatic carbocycles. The summed E-state index contributed by atoms with van der Waals surface area (Å²) >= 11 is 0. The summed E-state index contributed by atoms with van der Waals surface area (Å²) in [5, 5.41) is 39.5. The van der Waals surface area contributed by atoms with Gasteiger partial charge in [0.05, 0.1) is 17.8 Å². The summed E-state index contributed by atoms with van der Waals surface area (Å²) in [6.07, 6.45) is 11.0. The highest BCUT2D eigenvalue weighted by molar-refractivity contribution is 5.66. The average Bonchev–Trinajstić information content (AvgIpc) is 2.82. The van der Waals surface area contributed by atoms with E-state index >= 15 is 0 Å². The van der Waals surface area contributed by atoms with Crippen molar-refractivity contribution in [2.45, 2.75) is 83.0 Å². The first-order valence-corrected chi connectivity index (χ1v) is 9.66. The number of hydrogen-bond donors (Lipinski definition) is 4. The van der Waals surface area contributed by atoms with Gasteiger partial charge in [-0.25, -0.2) is 0 Å². The zero-order chi connectivity index (χ0) is 19.6. The average molecular weight is 366 g/mol. The van der Waals surface area contributed by atoms with Gasteiger partial charge in [0.2, 0.25) is 0 Å². The summed E-state index contributed by atoms with van der Waals surface area (Å²) in [7, 11) is 0. The third kappa shape index (κ3) is 8.33. The Balaban J connectivity index is 2.64. The number of aliphatic carboxylic acids is 1. The fourth-order valence-electron chi connectivity index (χ4n) is 3.41. The van der Waals surface area contributed by atoms with Gasteiger partial charge in [-0.15, -0.1) is 5.73 Å². The molecule has 3 unspecified atom stereocenters. The monoisotopic (exact) mass is 366 g/mol. The largest absolute Gasteiger partial charge is 0.481 e. The van der Waals surface area contributed by atoms with E-state index < -0.39 is 23.8 Å². The highest BCUT2D eigenvalue weighted by Gasteiger charge is 2.39. The molecule has 0 bridgehead atoms.